The van der Waals surface area contributed by atoms with E-state index in [-0.39, 0.29) is 23.4 Å². The number of aliphatic carboxylic acids is 1. The first kappa shape index (κ1) is 14.2. The molecule has 0 heterocycles. The lowest BCUT2D eigenvalue weighted by Gasteiger charge is -2.29. The maximum atomic E-state index is 11.9. The molecular formula is C14H24N2O3. The van der Waals surface area contributed by atoms with Crippen molar-refractivity contribution in [1.29, 1.82) is 0 Å². The maximum absolute atomic E-state index is 11.9. The predicted octanol–water partition coefficient (Wildman–Crippen LogP) is 1.83. The minimum atomic E-state index is -0.770. The van der Waals surface area contributed by atoms with Crippen LogP contribution >= 0.6 is 0 Å². The van der Waals surface area contributed by atoms with E-state index >= 15 is 0 Å². The standard InChI is InChI=1S/C14H24N2O3/c1-14(2,3)7-15-13(19)16-11-9-5-4-8(6-9)10(11)12(17)18/h8-11H,4-7H2,1-3H3,(H,17,18)(H2,15,16,19). The molecule has 2 bridgehead atoms. The third-order valence-corrected chi connectivity index (χ3v) is 4.28. The molecule has 2 fully saturated rings. The van der Waals surface area contributed by atoms with Crippen molar-refractivity contribution in [2.24, 2.45) is 23.2 Å². The van der Waals surface area contributed by atoms with Gasteiger partial charge in [0.25, 0.3) is 0 Å². The zero-order chi connectivity index (χ0) is 14.2. The summed E-state index contributed by atoms with van der Waals surface area (Å²) in [6.07, 6.45) is 2.98. The number of hydrogen-bond donors (Lipinski definition) is 3. The topological polar surface area (TPSA) is 78.4 Å². The molecule has 108 valence electrons. The molecule has 2 aliphatic rings. The van der Waals surface area contributed by atoms with E-state index in [2.05, 4.69) is 10.6 Å². The van der Waals surface area contributed by atoms with Crippen LogP contribution in [0.1, 0.15) is 40.0 Å². The summed E-state index contributed by atoms with van der Waals surface area (Å²) in [7, 11) is 0. The van der Waals surface area contributed by atoms with Crippen molar-refractivity contribution in [3.63, 3.8) is 0 Å². The molecule has 0 radical (unpaired) electrons. The summed E-state index contributed by atoms with van der Waals surface area (Å²) in [6.45, 7) is 6.72. The van der Waals surface area contributed by atoms with Crippen molar-refractivity contribution in [2.45, 2.75) is 46.1 Å². The maximum Gasteiger partial charge on any atom is 0.315 e. The lowest BCUT2D eigenvalue weighted by atomic mass is 9.84. The van der Waals surface area contributed by atoms with E-state index in [1.54, 1.807) is 0 Å². The highest BCUT2D eigenvalue weighted by molar-refractivity contribution is 5.77. The zero-order valence-electron chi connectivity index (χ0n) is 11.9. The Labute approximate surface area is 114 Å². The second-order valence-electron chi connectivity index (χ2n) is 7.11. The fraction of sp³-hybridized carbons (Fsp3) is 0.857. The summed E-state index contributed by atoms with van der Waals surface area (Å²) < 4.78 is 0. The van der Waals surface area contributed by atoms with Gasteiger partial charge in [-0.15, -0.1) is 0 Å². The molecule has 0 aliphatic heterocycles. The van der Waals surface area contributed by atoms with E-state index in [4.69, 9.17) is 0 Å². The minimum Gasteiger partial charge on any atom is -0.481 e. The van der Waals surface area contributed by atoms with Crippen molar-refractivity contribution >= 4 is 12.0 Å². The average molecular weight is 268 g/mol. The first-order valence-corrected chi connectivity index (χ1v) is 7.05. The van der Waals surface area contributed by atoms with Gasteiger partial charge in [0.1, 0.15) is 0 Å². The van der Waals surface area contributed by atoms with Crippen LogP contribution < -0.4 is 10.6 Å². The van der Waals surface area contributed by atoms with Gasteiger partial charge in [-0.25, -0.2) is 4.79 Å². The fourth-order valence-electron chi connectivity index (χ4n) is 3.40. The molecule has 2 amide bonds. The first-order chi connectivity index (χ1) is 8.78. The second-order valence-corrected chi connectivity index (χ2v) is 7.11. The van der Waals surface area contributed by atoms with Crippen molar-refractivity contribution in [3.05, 3.63) is 0 Å². The van der Waals surface area contributed by atoms with E-state index in [0.29, 0.717) is 12.5 Å². The van der Waals surface area contributed by atoms with E-state index in [1.807, 2.05) is 20.8 Å². The third-order valence-electron chi connectivity index (χ3n) is 4.28. The fourth-order valence-corrected chi connectivity index (χ4v) is 3.40. The number of hydrogen-bond acceptors (Lipinski definition) is 2. The molecule has 4 atom stereocenters. The second kappa shape index (κ2) is 5.02. The Bertz CT molecular complexity index is 375. The van der Waals surface area contributed by atoms with Crippen LogP contribution in [0.25, 0.3) is 0 Å². The molecule has 19 heavy (non-hydrogen) atoms. The largest absolute Gasteiger partial charge is 0.481 e. The molecular weight excluding hydrogens is 244 g/mol. The van der Waals surface area contributed by atoms with Crippen molar-refractivity contribution in [1.82, 2.24) is 10.6 Å². The molecule has 0 aromatic heterocycles. The van der Waals surface area contributed by atoms with Crippen LogP contribution in [0.2, 0.25) is 0 Å². The van der Waals surface area contributed by atoms with E-state index in [0.717, 1.165) is 19.3 Å². The number of carbonyl (C=O) groups excluding carboxylic acids is 1. The number of fused-ring (bicyclic) bond motifs is 2. The van der Waals surface area contributed by atoms with Gasteiger partial charge >= 0.3 is 12.0 Å². The highest BCUT2D eigenvalue weighted by Gasteiger charge is 2.51. The van der Waals surface area contributed by atoms with Crippen molar-refractivity contribution in [3.8, 4) is 0 Å². The van der Waals surface area contributed by atoms with Crippen LogP contribution in [0.5, 0.6) is 0 Å². The SMILES string of the molecule is CC(C)(C)CNC(=O)NC1C2CCC(C2)C1C(=O)O. The zero-order valence-corrected chi connectivity index (χ0v) is 11.9. The number of carboxylic acid groups (broad SMARTS) is 1. The lowest BCUT2D eigenvalue weighted by Crippen LogP contribution is -2.51. The third kappa shape index (κ3) is 3.19. The van der Waals surface area contributed by atoms with E-state index in [1.165, 1.54) is 0 Å². The minimum absolute atomic E-state index is 0.0260. The predicted molar refractivity (Wildman–Crippen MR) is 71.7 cm³/mol. The Morgan fingerprint density at radius 1 is 1.21 bits per heavy atom. The summed E-state index contributed by atoms with van der Waals surface area (Å²) in [6, 6.07) is -0.435. The number of amides is 2. The van der Waals surface area contributed by atoms with Crippen molar-refractivity contribution in [2.75, 3.05) is 6.54 Å². The Morgan fingerprint density at radius 3 is 2.42 bits per heavy atom. The quantitative estimate of drug-likeness (QED) is 0.730. The van der Waals surface area contributed by atoms with E-state index in [9.17, 15) is 14.7 Å². The Kier molecular flexibility index (Phi) is 3.74. The van der Waals surface area contributed by atoms with Gasteiger partial charge in [0, 0.05) is 12.6 Å². The summed E-state index contributed by atoms with van der Waals surface area (Å²) in [5.41, 5.74) is 0.0260. The van der Waals surface area contributed by atoms with Gasteiger partial charge in [0.2, 0.25) is 0 Å². The van der Waals surface area contributed by atoms with Gasteiger partial charge in [-0.1, -0.05) is 20.8 Å². The Morgan fingerprint density at radius 2 is 1.84 bits per heavy atom. The van der Waals surface area contributed by atoms with Gasteiger partial charge in [0.05, 0.1) is 5.92 Å². The normalized spacial score (nSPS) is 33.2. The summed E-state index contributed by atoms with van der Waals surface area (Å²) >= 11 is 0. The monoisotopic (exact) mass is 268 g/mol. The van der Waals surface area contributed by atoms with Gasteiger partial charge < -0.3 is 15.7 Å². The molecule has 0 spiro atoms. The molecule has 0 saturated heterocycles. The molecule has 2 saturated carbocycles. The van der Waals surface area contributed by atoms with Crippen LogP contribution in [-0.2, 0) is 4.79 Å². The first-order valence-electron chi connectivity index (χ1n) is 7.05. The number of carboxylic acids is 1. The summed E-state index contributed by atoms with van der Waals surface area (Å²) in [4.78, 5) is 23.2. The molecule has 0 aromatic carbocycles. The molecule has 2 rings (SSSR count). The highest BCUT2D eigenvalue weighted by Crippen LogP contribution is 2.48. The van der Waals surface area contributed by atoms with Crippen LogP contribution in [-0.4, -0.2) is 29.7 Å². The van der Waals surface area contributed by atoms with Crippen LogP contribution in [0.4, 0.5) is 4.79 Å². The van der Waals surface area contributed by atoms with Gasteiger partial charge in [-0.05, 0) is 36.5 Å². The molecule has 0 aromatic rings. The van der Waals surface area contributed by atoms with Crippen LogP contribution in [0, 0.1) is 23.2 Å². The number of urea groups is 1. The van der Waals surface area contributed by atoms with Gasteiger partial charge in [-0.3, -0.25) is 4.79 Å². The number of carbonyl (C=O) groups is 2. The van der Waals surface area contributed by atoms with Crippen LogP contribution in [0.3, 0.4) is 0 Å². The van der Waals surface area contributed by atoms with Crippen LogP contribution in [0.15, 0.2) is 0 Å². The summed E-state index contributed by atoms with van der Waals surface area (Å²) in [5, 5.41) is 15.0. The highest BCUT2D eigenvalue weighted by atomic mass is 16.4. The number of nitrogens with one attached hydrogen (secondary N) is 2. The molecule has 3 N–H and O–H groups in total. The molecule has 5 heteroatoms. The Hall–Kier alpha value is -1.26. The van der Waals surface area contributed by atoms with Crippen molar-refractivity contribution < 1.29 is 14.7 Å². The summed E-state index contributed by atoms with van der Waals surface area (Å²) in [5.74, 6) is -0.589. The molecule has 2 aliphatic carbocycles. The molecule has 4 unspecified atom stereocenters. The smallest absolute Gasteiger partial charge is 0.315 e. The lowest BCUT2D eigenvalue weighted by molar-refractivity contribution is -0.144. The van der Waals surface area contributed by atoms with Gasteiger partial charge in [-0.2, -0.15) is 0 Å². The molecule has 5 nitrogen and oxygen atoms in total. The number of rotatable bonds is 3. The Balaban J connectivity index is 1.91. The average Bonchev–Trinajstić information content (AvgIpc) is 2.85. The van der Waals surface area contributed by atoms with E-state index < -0.39 is 11.9 Å². The van der Waals surface area contributed by atoms with Gasteiger partial charge in [0.15, 0.2) is 0 Å².